The van der Waals surface area contributed by atoms with Crippen molar-refractivity contribution in [3.63, 3.8) is 0 Å². The van der Waals surface area contributed by atoms with Crippen molar-refractivity contribution in [2.75, 3.05) is 13.1 Å². The van der Waals surface area contributed by atoms with E-state index in [2.05, 4.69) is 0 Å². The molecular weight excluding hydrogens is 236 g/mol. The first-order valence-electron chi connectivity index (χ1n) is 5.88. The maximum atomic E-state index is 12.2. The van der Waals surface area contributed by atoms with E-state index in [0.717, 1.165) is 18.5 Å². The zero-order chi connectivity index (χ0) is 12.4. The van der Waals surface area contributed by atoms with Crippen LogP contribution in [0.4, 0.5) is 0 Å². The van der Waals surface area contributed by atoms with E-state index in [4.69, 9.17) is 17.3 Å². The number of hydrogen-bond donors (Lipinski definition) is 1. The summed E-state index contributed by atoms with van der Waals surface area (Å²) in [6, 6.07) is 7.60. The lowest BCUT2D eigenvalue weighted by molar-refractivity contribution is -0.131. The quantitative estimate of drug-likeness (QED) is 0.875. The summed E-state index contributed by atoms with van der Waals surface area (Å²) in [5.74, 6) is -0.0146. The van der Waals surface area contributed by atoms with Gasteiger partial charge < -0.3 is 10.6 Å². The Kier molecular flexibility index (Phi) is 3.69. The van der Waals surface area contributed by atoms with Crippen LogP contribution in [0, 0.1) is 0 Å². The normalized spacial score (nSPS) is 21.6. The number of carbonyl (C=O) groups is 1. The molecule has 0 aliphatic carbocycles. The molecule has 1 aromatic rings. The molecule has 0 aromatic heterocycles. The van der Waals surface area contributed by atoms with Crippen LogP contribution in [0.5, 0.6) is 0 Å². The second-order valence-electron chi connectivity index (χ2n) is 4.61. The molecule has 1 amide bonds. The van der Waals surface area contributed by atoms with Crippen LogP contribution in [0.3, 0.4) is 0 Å². The molecule has 2 atom stereocenters. The molecule has 0 spiro atoms. The third-order valence-corrected chi connectivity index (χ3v) is 3.49. The van der Waals surface area contributed by atoms with Gasteiger partial charge in [0.15, 0.2) is 0 Å². The molecule has 2 rings (SSSR count). The van der Waals surface area contributed by atoms with Crippen LogP contribution in [-0.2, 0) is 4.79 Å². The molecular formula is C13H17ClN2O. The van der Waals surface area contributed by atoms with E-state index < -0.39 is 0 Å². The monoisotopic (exact) mass is 252 g/mol. The summed E-state index contributed by atoms with van der Waals surface area (Å²) in [6.45, 7) is 3.35. The minimum absolute atomic E-state index is 0.130. The molecule has 1 heterocycles. The third kappa shape index (κ3) is 2.79. The Labute approximate surface area is 107 Å². The molecule has 1 aliphatic rings. The first kappa shape index (κ1) is 12.4. The van der Waals surface area contributed by atoms with Crippen LogP contribution in [-0.4, -0.2) is 29.9 Å². The number of likely N-dealkylation sites (tertiary alicyclic amines) is 1. The van der Waals surface area contributed by atoms with Crippen LogP contribution in [0.15, 0.2) is 24.3 Å². The van der Waals surface area contributed by atoms with Crippen molar-refractivity contribution in [1.82, 2.24) is 4.90 Å². The second-order valence-corrected chi connectivity index (χ2v) is 5.05. The molecule has 0 saturated carbocycles. The average Bonchev–Trinajstić information content (AvgIpc) is 2.74. The topological polar surface area (TPSA) is 46.3 Å². The summed E-state index contributed by atoms with van der Waals surface area (Å²) in [7, 11) is 0. The predicted molar refractivity (Wildman–Crippen MR) is 69.0 cm³/mol. The van der Waals surface area contributed by atoms with Crippen molar-refractivity contribution in [3.8, 4) is 0 Å². The highest BCUT2D eigenvalue weighted by molar-refractivity contribution is 6.30. The number of nitrogens with zero attached hydrogens (tertiary/aromatic N) is 1. The highest BCUT2D eigenvalue weighted by Gasteiger charge is 2.27. The molecule has 0 unspecified atom stereocenters. The van der Waals surface area contributed by atoms with Crippen LogP contribution in [0.2, 0.25) is 5.02 Å². The van der Waals surface area contributed by atoms with Crippen LogP contribution in [0.1, 0.15) is 24.8 Å². The molecule has 1 aliphatic heterocycles. The molecule has 92 valence electrons. The molecule has 0 radical (unpaired) electrons. The summed E-state index contributed by atoms with van der Waals surface area (Å²) >= 11 is 5.93. The first-order valence-corrected chi connectivity index (χ1v) is 6.25. The van der Waals surface area contributed by atoms with E-state index in [0.29, 0.717) is 11.6 Å². The van der Waals surface area contributed by atoms with E-state index >= 15 is 0 Å². The van der Waals surface area contributed by atoms with Crippen LogP contribution in [0.25, 0.3) is 0 Å². The van der Waals surface area contributed by atoms with E-state index in [-0.39, 0.29) is 17.9 Å². The average molecular weight is 253 g/mol. The number of benzene rings is 1. The first-order chi connectivity index (χ1) is 8.08. The van der Waals surface area contributed by atoms with E-state index in [1.807, 2.05) is 36.1 Å². The van der Waals surface area contributed by atoms with Crippen molar-refractivity contribution in [2.24, 2.45) is 5.73 Å². The van der Waals surface area contributed by atoms with Gasteiger partial charge in [0.2, 0.25) is 5.91 Å². The lowest BCUT2D eigenvalue weighted by Crippen LogP contribution is -2.34. The molecule has 17 heavy (non-hydrogen) atoms. The van der Waals surface area contributed by atoms with Crippen molar-refractivity contribution >= 4 is 17.5 Å². The Hall–Kier alpha value is -1.06. The van der Waals surface area contributed by atoms with Gasteiger partial charge in [-0.3, -0.25) is 4.79 Å². The van der Waals surface area contributed by atoms with E-state index in [1.165, 1.54) is 0 Å². The zero-order valence-corrected chi connectivity index (χ0v) is 10.7. The van der Waals surface area contributed by atoms with E-state index in [9.17, 15) is 4.79 Å². The summed E-state index contributed by atoms with van der Waals surface area (Å²) in [5.41, 5.74) is 6.77. The second kappa shape index (κ2) is 5.07. The SMILES string of the molecule is C[C@H](C(=O)N1CC[C@@H](N)C1)c1cccc(Cl)c1. The van der Waals surface area contributed by atoms with Gasteiger partial charge in [0, 0.05) is 24.2 Å². The lowest BCUT2D eigenvalue weighted by atomic mass is 10.00. The van der Waals surface area contributed by atoms with Gasteiger partial charge in [-0.25, -0.2) is 0 Å². The number of halogens is 1. The highest BCUT2D eigenvalue weighted by atomic mass is 35.5. The third-order valence-electron chi connectivity index (χ3n) is 3.26. The fourth-order valence-corrected chi connectivity index (χ4v) is 2.38. The lowest BCUT2D eigenvalue weighted by Gasteiger charge is -2.21. The Balaban J connectivity index is 2.09. The van der Waals surface area contributed by atoms with Gasteiger partial charge in [0.25, 0.3) is 0 Å². The molecule has 3 nitrogen and oxygen atoms in total. The van der Waals surface area contributed by atoms with Gasteiger partial charge in [-0.05, 0) is 31.0 Å². The van der Waals surface area contributed by atoms with Gasteiger partial charge in [0.1, 0.15) is 0 Å². The number of carbonyl (C=O) groups excluding carboxylic acids is 1. The maximum Gasteiger partial charge on any atom is 0.229 e. The van der Waals surface area contributed by atoms with Crippen molar-refractivity contribution in [3.05, 3.63) is 34.9 Å². The number of hydrogen-bond acceptors (Lipinski definition) is 2. The Morgan fingerprint density at radius 2 is 2.35 bits per heavy atom. The Bertz CT molecular complexity index is 422. The van der Waals surface area contributed by atoms with E-state index in [1.54, 1.807) is 0 Å². The maximum absolute atomic E-state index is 12.2. The van der Waals surface area contributed by atoms with Crippen molar-refractivity contribution in [2.45, 2.75) is 25.3 Å². The fraction of sp³-hybridized carbons (Fsp3) is 0.462. The van der Waals surface area contributed by atoms with Gasteiger partial charge >= 0.3 is 0 Å². The highest BCUT2D eigenvalue weighted by Crippen LogP contribution is 2.23. The molecule has 0 bridgehead atoms. The number of amides is 1. The molecule has 4 heteroatoms. The minimum atomic E-state index is -0.154. The standard InChI is InChI=1S/C13H17ClN2O/c1-9(10-3-2-4-11(14)7-10)13(17)16-6-5-12(15)8-16/h2-4,7,9,12H,5-6,8,15H2,1H3/t9-,12+/m0/s1. The molecule has 1 aromatic carbocycles. The molecule has 1 fully saturated rings. The summed E-state index contributed by atoms with van der Waals surface area (Å²) in [6.07, 6.45) is 0.897. The molecule has 1 saturated heterocycles. The zero-order valence-electron chi connectivity index (χ0n) is 9.90. The van der Waals surface area contributed by atoms with Crippen molar-refractivity contribution in [1.29, 1.82) is 0 Å². The summed E-state index contributed by atoms with van der Waals surface area (Å²) in [4.78, 5) is 14.1. The Morgan fingerprint density at radius 3 is 2.94 bits per heavy atom. The van der Waals surface area contributed by atoms with Crippen LogP contribution < -0.4 is 5.73 Å². The summed E-state index contributed by atoms with van der Waals surface area (Å²) < 4.78 is 0. The smallest absolute Gasteiger partial charge is 0.229 e. The van der Waals surface area contributed by atoms with Gasteiger partial charge in [-0.1, -0.05) is 23.7 Å². The predicted octanol–water partition coefficient (Wildman–Crippen LogP) is 2.00. The van der Waals surface area contributed by atoms with Crippen LogP contribution >= 0.6 is 11.6 Å². The van der Waals surface area contributed by atoms with Gasteiger partial charge in [-0.2, -0.15) is 0 Å². The fourth-order valence-electron chi connectivity index (χ4n) is 2.18. The number of nitrogens with two attached hydrogens (primary N) is 1. The van der Waals surface area contributed by atoms with Crippen molar-refractivity contribution < 1.29 is 4.79 Å². The summed E-state index contributed by atoms with van der Waals surface area (Å²) in [5, 5.41) is 0.667. The number of rotatable bonds is 2. The van der Waals surface area contributed by atoms with Gasteiger partial charge in [-0.15, -0.1) is 0 Å². The molecule has 2 N–H and O–H groups in total. The largest absolute Gasteiger partial charge is 0.341 e. The van der Waals surface area contributed by atoms with Gasteiger partial charge in [0.05, 0.1) is 5.92 Å². The minimum Gasteiger partial charge on any atom is -0.341 e. The Morgan fingerprint density at radius 1 is 1.59 bits per heavy atom.